The van der Waals surface area contributed by atoms with Crippen molar-refractivity contribution in [2.24, 2.45) is 16.6 Å². The number of methoxy groups -OCH3 is 1. The largest absolute Gasteiger partial charge is 0.497 e. The van der Waals surface area contributed by atoms with E-state index < -0.39 is 5.54 Å². The third kappa shape index (κ3) is 5.75. The van der Waals surface area contributed by atoms with Gasteiger partial charge in [0, 0.05) is 12.8 Å². The number of aryl methyl sites for hydroxylation is 1. The summed E-state index contributed by atoms with van der Waals surface area (Å²) in [6, 6.07) is 15.6. The molecule has 1 atom stereocenters. The van der Waals surface area contributed by atoms with E-state index in [1.54, 1.807) is 12.0 Å². The number of aliphatic imine (C=N–C) groups is 1. The highest BCUT2D eigenvalue weighted by molar-refractivity contribution is 6.06. The van der Waals surface area contributed by atoms with E-state index in [0.717, 1.165) is 22.4 Å². The molecule has 1 aliphatic rings. The van der Waals surface area contributed by atoms with Crippen LogP contribution in [-0.4, -0.2) is 35.2 Å². The summed E-state index contributed by atoms with van der Waals surface area (Å²) in [6.07, 6.45) is 2.21. The molecule has 2 N–H and O–H groups in total. The van der Waals surface area contributed by atoms with Crippen molar-refractivity contribution in [1.82, 2.24) is 4.90 Å². The molecule has 6 heteroatoms. The predicted octanol–water partition coefficient (Wildman–Crippen LogP) is 3.90. The number of carbonyl (C=O) groups is 2. The number of ketones is 1. The Balaban J connectivity index is 1.58. The quantitative estimate of drug-likeness (QED) is 0.613. The van der Waals surface area contributed by atoms with E-state index in [2.05, 4.69) is 18.8 Å². The van der Waals surface area contributed by atoms with Gasteiger partial charge in [-0.2, -0.15) is 0 Å². The monoisotopic (exact) mass is 435 g/mol. The Kier molecular flexibility index (Phi) is 7.33. The molecular weight excluding hydrogens is 402 g/mol. The van der Waals surface area contributed by atoms with Crippen LogP contribution < -0.4 is 10.5 Å². The summed E-state index contributed by atoms with van der Waals surface area (Å²) in [5.74, 6) is 1.53. The van der Waals surface area contributed by atoms with Crippen molar-refractivity contribution >= 4 is 17.6 Å². The average Bonchev–Trinajstić information content (AvgIpc) is 2.95. The molecule has 0 saturated heterocycles. The Hall–Kier alpha value is -3.15. The number of nitrogens with zero attached hydrogens (tertiary/aromatic N) is 2. The van der Waals surface area contributed by atoms with Crippen molar-refractivity contribution in [2.75, 3.05) is 7.11 Å². The van der Waals surface area contributed by atoms with Crippen LogP contribution in [0.15, 0.2) is 53.5 Å². The molecule has 1 aliphatic heterocycles. The van der Waals surface area contributed by atoms with Crippen molar-refractivity contribution in [3.05, 3.63) is 65.2 Å². The number of carbonyl (C=O) groups excluding carboxylic acids is 2. The van der Waals surface area contributed by atoms with Gasteiger partial charge in [-0.1, -0.05) is 50.2 Å². The zero-order valence-corrected chi connectivity index (χ0v) is 19.4. The zero-order chi connectivity index (χ0) is 23.3. The number of hydrogen-bond donors (Lipinski definition) is 1. The fourth-order valence-corrected chi connectivity index (χ4v) is 4.25. The molecule has 0 bridgehead atoms. The molecule has 0 fully saturated rings. The summed E-state index contributed by atoms with van der Waals surface area (Å²) in [7, 11) is 1.64. The topological polar surface area (TPSA) is 85.0 Å². The highest BCUT2D eigenvalue weighted by Crippen LogP contribution is 2.29. The normalized spacial score (nSPS) is 18.2. The molecule has 170 valence electrons. The fourth-order valence-electron chi connectivity index (χ4n) is 4.25. The lowest BCUT2D eigenvalue weighted by Crippen LogP contribution is -2.43. The number of hydrogen-bond acceptors (Lipinski definition) is 5. The maximum atomic E-state index is 13.0. The average molecular weight is 436 g/mol. The molecule has 0 spiro atoms. The van der Waals surface area contributed by atoms with Crippen molar-refractivity contribution in [1.29, 1.82) is 0 Å². The van der Waals surface area contributed by atoms with Crippen LogP contribution in [0.1, 0.15) is 50.3 Å². The number of amides is 1. The van der Waals surface area contributed by atoms with E-state index in [1.807, 2.05) is 55.5 Å². The van der Waals surface area contributed by atoms with Crippen molar-refractivity contribution in [3.8, 4) is 5.75 Å². The van der Waals surface area contributed by atoms with E-state index >= 15 is 0 Å². The number of benzene rings is 2. The first-order valence-corrected chi connectivity index (χ1v) is 11.1. The van der Waals surface area contributed by atoms with Crippen LogP contribution in [0.3, 0.4) is 0 Å². The van der Waals surface area contributed by atoms with Gasteiger partial charge in [0.15, 0.2) is 5.96 Å². The van der Waals surface area contributed by atoms with E-state index in [9.17, 15) is 9.59 Å². The minimum absolute atomic E-state index is 0.0651. The van der Waals surface area contributed by atoms with Crippen LogP contribution in [0.25, 0.3) is 0 Å². The first kappa shape index (κ1) is 23.5. The second kappa shape index (κ2) is 9.98. The van der Waals surface area contributed by atoms with Gasteiger partial charge in [0.1, 0.15) is 17.1 Å². The SMILES string of the molecule is COc1ccc(CCC(=O)Cc2cccc(CN3C(=O)C(C)(CC(C)C)N=C3N)c2)cc1. The minimum atomic E-state index is -0.798. The molecule has 0 aliphatic carbocycles. The zero-order valence-electron chi connectivity index (χ0n) is 19.4. The molecule has 0 saturated carbocycles. The molecule has 32 heavy (non-hydrogen) atoms. The molecule has 2 aromatic carbocycles. The summed E-state index contributed by atoms with van der Waals surface area (Å²) in [5.41, 5.74) is 8.28. The van der Waals surface area contributed by atoms with Gasteiger partial charge in [0.25, 0.3) is 5.91 Å². The van der Waals surface area contributed by atoms with E-state index in [4.69, 9.17) is 10.5 Å². The second-order valence-corrected chi connectivity index (χ2v) is 9.12. The van der Waals surface area contributed by atoms with Crippen LogP contribution in [0, 0.1) is 5.92 Å². The summed E-state index contributed by atoms with van der Waals surface area (Å²) in [4.78, 5) is 31.5. The lowest BCUT2D eigenvalue weighted by atomic mass is 9.91. The Bertz CT molecular complexity index is 998. The van der Waals surface area contributed by atoms with Crippen LogP contribution in [0.4, 0.5) is 0 Å². The standard InChI is InChI=1S/C26H33N3O3/c1-18(2)16-26(3)24(31)29(25(27)28-26)17-21-7-5-6-20(14-21)15-22(30)11-8-19-9-12-23(32-4)13-10-19/h5-7,9-10,12-14,18H,8,11,15-17H2,1-4H3,(H2,27,28). The number of Topliss-reactive ketones (excluding diaryl/α,β-unsaturated/α-hetero) is 1. The van der Waals surface area contributed by atoms with E-state index in [-0.39, 0.29) is 17.6 Å². The van der Waals surface area contributed by atoms with Crippen LogP contribution in [0.5, 0.6) is 5.75 Å². The van der Waals surface area contributed by atoms with Gasteiger partial charge in [0.05, 0.1) is 13.7 Å². The van der Waals surface area contributed by atoms with Crippen LogP contribution >= 0.6 is 0 Å². The molecule has 1 amide bonds. The molecule has 0 aromatic heterocycles. The molecule has 1 unspecified atom stereocenters. The Morgan fingerprint density at radius 2 is 1.81 bits per heavy atom. The fraction of sp³-hybridized carbons (Fsp3) is 0.423. The van der Waals surface area contributed by atoms with Crippen molar-refractivity contribution < 1.29 is 14.3 Å². The number of ether oxygens (including phenoxy) is 1. The third-order valence-electron chi connectivity index (χ3n) is 5.73. The minimum Gasteiger partial charge on any atom is -0.497 e. The predicted molar refractivity (Wildman–Crippen MR) is 127 cm³/mol. The van der Waals surface area contributed by atoms with Gasteiger partial charge in [0.2, 0.25) is 0 Å². The first-order chi connectivity index (χ1) is 15.2. The van der Waals surface area contributed by atoms with Crippen LogP contribution in [0.2, 0.25) is 0 Å². The lowest BCUT2D eigenvalue weighted by Gasteiger charge is -2.23. The van der Waals surface area contributed by atoms with Gasteiger partial charge >= 0.3 is 0 Å². The van der Waals surface area contributed by atoms with Crippen LogP contribution in [-0.2, 0) is 29.0 Å². The second-order valence-electron chi connectivity index (χ2n) is 9.12. The number of rotatable bonds is 10. The Morgan fingerprint density at radius 1 is 1.12 bits per heavy atom. The molecule has 6 nitrogen and oxygen atoms in total. The van der Waals surface area contributed by atoms with E-state index in [1.165, 1.54) is 0 Å². The molecular formula is C26H33N3O3. The van der Waals surface area contributed by atoms with Gasteiger partial charge in [-0.05, 0) is 54.5 Å². The van der Waals surface area contributed by atoms with Gasteiger partial charge in [-0.25, -0.2) is 4.99 Å². The third-order valence-corrected chi connectivity index (χ3v) is 5.73. The van der Waals surface area contributed by atoms with E-state index in [0.29, 0.717) is 38.1 Å². The van der Waals surface area contributed by atoms with Crippen molar-refractivity contribution in [3.63, 3.8) is 0 Å². The van der Waals surface area contributed by atoms with Crippen molar-refractivity contribution in [2.45, 2.75) is 58.5 Å². The summed E-state index contributed by atoms with van der Waals surface area (Å²) >= 11 is 0. The molecule has 2 aromatic rings. The summed E-state index contributed by atoms with van der Waals surface area (Å²) in [5, 5.41) is 0. The maximum Gasteiger partial charge on any atom is 0.257 e. The first-order valence-electron chi connectivity index (χ1n) is 11.1. The van der Waals surface area contributed by atoms with Gasteiger partial charge in [-0.3, -0.25) is 14.5 Å². The smallest absolute Gasteiger partial charge is 0.257 e. The molecule has 3 rings (SSSR count). The maximum absolute atomic E-state index is 13.0. The Morgan fingerprint density at radius 3 is 2.47 bits per heavy atom. The Labute approximate surface area is 190 Å². The number of nitrogens with two attached hydrogens (primary N) is 1. The highest BCUT2D eigenvalue weighted by Gasteiger charge is 2.43. The van der Waals surface area contributed by atoms with Gasteiger partial charge < -0.3 is 10.5 Å². The number of guanidine groups is 1. The molecule has 1 heterocycles. The lowest BCUT2D eigenvalue weighted by molar-refractivity contribution is -0.131. The summed E-state index contributed by atoms with van der Waals surface area (Å²) in [6.45, 7) is 6.35. The van der Waals surface area contributed by atoms with Gasteiger partial charge in [-0.15, -0.1) is 0 Å². The summed E-state index contributed by atoms with van der Waals surface area (Å²) < 4.78 is 5.17. The highest BCUT2D eigenvalue weighted by atomic mass is 16.5. The molecule has 0 radical (unpaired) electrons.